The Hall–Kier alpha value is -3.84. The molecule has 35 heavy (non-hydrogen) atoms. The van der Waals surface area contributed by atoms with Crippen LogP contribution in [0.2, 0.25) is 0 Å². The van der Waals surface area contributed by atoms with Gasteiger partial charge in [0.05, 0.1) is 23.0 Å². The van der Waals surface area contributed by atoms with Crippen molar-refractivity contribution in [2.45, 2.75) is 18.7 Å². The Morgan fingerprint density at radius 3 is 2.54 bits per heavy atom. The van der Waals surface area contributed by atoms with Gasteiger partial charge in [0.15, 0.2) is 5.13 Å². The lowest BCUT2D eigenvalue weighted by Gasteiger charge is -2.30. The topological polar surface area (TPSA) is 109 Å². The van der Waals surface area contributed by atoms with Crippen LogP contribution in [-0.4, -0.2) is 39.1 Å². The number of anilines is 2. The molecule has 0 aliphatic rings. The van der Waals surface area contributed by atoms with Crippen molar-refractivity contribution in [3.8, 4) is 5.75 Å². The number of ether oxygens (including phenoxy) is 1. The minimum atomic E-state index is -5.14. The summed E-state index contributed by atoms with van der Waals surface area (Å²) >= 11 is 0.904. The first-order chi connectivity index (χ1) is 16.6. The molecule has 0 aliphatic carbocycles. The quantitative estimate of drug-likeness (QED) is 0.315. The van der Waals surface area contributed by atoms with Crippen molar-refractivity contribution in [3.05, 3.63) is 71.8 Å². The fourth-order valence-corrected chi connectivity index (χ4v) is 4.12. The lowest BCUT2D eigenvalue weighted by atomic mass is 9.89. The maximum atomic E-state index is 14.1. The van der Waals surface area contributed by atoms with Gasteiger partial charge in [0.1, 0.15) is 17.3 Å². The first-order valence-electron chi connectivity index (χ1n) is 10.1. The van der Waals surface area contributed by atoms with Crippen LogP contribution in [0.5, 0.6) is 5.75 Å². The van der Waals surface area contributed by atoms with Gasteiger partial charge in [-0.15, -0.1) is 0 Å². The van der Waals surface area contributed by atoms with Crippen molar-refractivity contribution >= 4 is 38.4 Å². The summed E-state index contributed by atoms with van der Waals surface area (Å²) in [4.78, 5) is 16.4. The number of amides is 2. The van der Waals surface area contributed by atoms with Gasteiger partial charge in [0.25, 0.3) is 0 Å². The Bertz CT molecular complexity index is 1360. The van der Waals surface area contributed by atoms with E-state index in [0.29, 0.717) is 11.2 Å². The van der Waals surface area contributed by atoms with E-state index < -0.39 is 34.9 Å². The van der Waals surface area contributed by atoms with Crippen LogP contribution in [0.4, 0.5) is 33.2 Å². The van der Waals surface area contributed by atoms with E-state index in [2.05, 4.69) is 25.8 Å². The molecule has 2 amide bonds. The molecule has 1 atom stereocenters. The van der Waals surface area contributed by atoms with Gasteiger partial charge in [-0.3, -0.25) is 5.32 Å². The second-order valence-electron chi connectivity index (χ2n) is 7.21. The van der Waals surface area contributed by atoms with Crippen LogP contribution in [0.3, 0.4) is 0 Å². The van der Waals surface area contributed by atoms with Crippen LogP contribution in [-0.2, 0) is 5.60 Å². The summed E-state index contributed by atoms with van der Waals surface area (Å²) in [6, 6.07) is 8.86. The summed E-state index contributed by atoms with van der Waals surface area (Å²) in [5.74, 6) is -0.440. The first-order valence-corrected chi connectivity index (χ1v) is 10.9. The molecule has 4 rings (SSSR count). The van der Waals surface area contributed by atoms with Gasteiger partial charge in [0, 0.05) is 17.3 Å². The van der Waals surface area contributed by atoms with Gasteiger partial charge < -0.3 is 15.2 Å². The Morgan fingerprint density at radius 2 is 1.86 bits per heavy atom. The highest BCUT2D eigenvalue weighted by Gasteiger charge is 2.58. The van der Waals surface area contributed by atoms with Crippen LogP contribution in [0.15, 0.2) is 54.7 Å². The second-order valence-corrected chi connectivity index (χ2v) is 8.24. The van der Waals surface area contributed by atoms with Crippen LogP contribution in [0, 0.1) is 5.82 Å². The Labute approximate surface area is 199 Å². The molecule has 0 fully saturated rings. The highest BCUT2D eigenvalue weighted by Crippen LogP contribution is 2.45. The van der Waals surface area contributed by atoms with Crippen molar-refractivity contribution in [2.24, 2.45) is 0 Å². The zero-order valence-electron chi connectivity index (χ0n) is 17.9. The monoisotopic (exact) mass is 507 g/mol. The zero-order valence-corrected chi connectivity index (χ0v) is 18.7. The van der Waals surface area contributed by atoms with Crippen LogP contribution in [0.25, 0.3) is 10.2 Å². The number of halogens is 4. The lowest BCUT2D eigenvalue weighted by molar-refractivity contribution is -0.250. The SMILES string of the molecule is CCOc1cnnc([C@@](O)(c2ccc3nc(NC(=O)Nc4ccc(F)cc4)sc3c2)C(F)(F)F)c1. The van der Waals surface area contributed by atoms with Crippen molar-refractivity contribution < 1.29 is 32.2 Å². The van der Waals surface area contributed by atoms with E-state index in [1.165, 1.54) is 30.3 Å². The van der Waals surface area contributed by atoms with E-state index in [-0.39, 0.29) is 22.2 Å². The molecule has 0 saturated heterocycles. The molecular weight excluding hydrogens is 490 g/mol. The van der Waals surface area contributed by atoms with Crippen molar-refractivity contribution in [3.63, 3.8) is 0 Å². The summed E-state index contributed by atoms with van der Waals surface area (Å²) in [7, 11) is 0. The third-order valence-electron chi connectivity index (χ3n) is 4.85. The number of urea groups is 1. The van der Waals surface area contributed by atoms with E-state index in [4.69, 9.17) is 4.74 Å². The number of aromatic nitrogens is 3. The van der Waals surface area contributed by atoms with Gasteiger partial charge in [-0.25, -0.2) is 14.2 Å². The summed E-state index contributed by atoms with van der Waals surface area (Å²) < 4.78 is 60.9. The number of alkyl halides is 3. The standard InChI is InChI=1S/C22H17F4N5O3S/c1-2-34-15-10-18(31-27-11-15)21(33,22(24,25)26)12-3-8-16-17(9-12)35-20(29-16)30-19(32)28-14-6-4-13(23)5-7-14/h3-11,33H,2H2,1H3,(H2,28,29,30,32)/t21-/m0/s1. The third kappa shape index (κ3) is 5.00. The van der Waals surface area contributed by atoms with Gasteiger partial charge >= 0.3 is 12.2 Å². The van der Waals surface area contributed by atoms with Gasteiger partial charge in [0.2, 0.25) is 5.60 Å². The molecule has 8 nitrogen and oxygen atoms in total. The minimum Gasteiger partial charge on any atom is -0.492 e. The summed E-state index contributed by atoms with van der Waals surface area (Å²) in [6.45, 7) is 1.84. The third-order valence-corrected chi connectivity index (χ3v) is 5.78. The molecule has 0 unspecified atom stereocenters. The van der Waals surface area contributed by atoms with E-state index in [1.54, 1.807) is 6.92 Å². The van der Waals surface area contributed by atoms with Gasteiger partial charge in [-0.1, -0.05) is 17.4 Å². The molecule has 2 aromatic carbocycles. The van der Waals surface area contributed by atoms with Crippen molar-refractivity contribution in [2.75, 3.05) is 17.2 Å². The summed E-state index contributed by atoms with van der Waals surface area (Å²) in [5, 5.41) is 23.0. The Morgan fingerprint density at radius 1 is 1.11 bits per heavy atom. The largest absolute Gasteiger partial charge is 0.492 e. The maximum absolute atomic E-state index is 14.1. The summed E-state index contributed by atoms with van der Waals surface area (Å²) in [6.07, 6.45) is -3.99. The number of carbonyl (C=O) groups is 1. The predicted octanol–water partition coefficient (Wildman–Crippen LogP) is 5.07. The lowest BCUT2D eigenvalue weighted by Crippen LogP contribution is -2.44. The van der Waals surface area contributed by atoms with E-state index in [9.17, 15) is 27.5 Å². The van der Waals surface area contributed by atoms with Crippen molar-refractivity contribution in [1.29, 1.82) is 0 Å². The molecular formula is C22H17F4N5O3S. The highest BCUT2D eigenvalue weighted by molar-refractivity contribution is 7.22. The molecule has 0 spiro atoms. The smallest absolute Gasteiger partial charge is 0.427 e. The maximum Gasteiger partial charge on any atom is 0.427 e. The number of hydrogen-bond donors (Lipinski definition) is 3. The molecule has 0 radical (unpaired) electrons. The first kappa shape index (κ1) is 24.3. The normalized spacial score (nSPS) is 13.3. The summed E-state index contributed by atoms with van der Waals surface area (Å²) in [5.41, 5.74) is -4.10. The average Bonchev–Trinajstić information content (AvgIpc) is 3.21. The van der Waals surface area contributed by atoms with Gasteiger partial charge in [-0.2, -0.15) is 23.4 Å². The zero-order chi connectivity index (χ0) is 25.2. The van der Waals surface area contributed by atoms with E-state index >= 15 is 0 Å². The Kier molecular flexibility index (Phi) is 6.54. The molecule has 4 aromatic rings. The minimum absolute atomic E-state index is 0.0256. The van der Waals surface area contributed by atoms with E-state index in [1.807, 2.05) is 0 Å². The number of fused-ring (bicyclic) bond motifs is 1. The number of rotatable bonds is 6. The van der Waals surface area contributed by atoms with Crippen LogP contribution in [0.1, 0.15) is 18.2 Å². The molecule has 0 aliphatic heterocycles. The number of hydrogen-bond acceptors (Lipinski definition) is 7. The number of nitrogens with zero attached hydrogens (tertiary/aromatic N) is 3. The van der Waals surface area contributed by atoms with E-state index in [0.717, 1.165) is 35.7 Å². The molecule has 0 bridgehead atoms. The fourth-order valence-electron chi connectivity index (χ4n) is 3.22. The Balaban J connectivity index is 1.64. The van der Waals surface area contributed by atoms with Crippen LogP contribution >= 0.6 is 11.3 Å². The second kappa shape index (κ2) is 9.43. The highest BCUT2D eigenvalue weighted by atomic mass is 32.1. The molecule has 2 heterocycles. The molecule has 0 saturated carbocycles. The number of thiazole rings is 1. The molecule has 2 aromatic heterocycles. The van der Waals surface area contributed by atoms with Gasteiger partial charge in [-0.05, 0) is 43.3 Å². The predicted molar refractivity (Wildman–Crippen MR) is 121 cm³/mol. The number of benzene rings is 2. The number of aliphatic hydroxyl groups is 1. The molecule has 182 valence electrons. The number of carbonyl (C=O) groups excluding carboxylic acids is 1. The molecule has 3 N–H and O–H groups in total. The average molecular weight is 507 g/mol. The van der Waals surface area contributed by atoms with Crippen LogP contribution < -0.4 is 15.4 Å². The molecule has 13 heteroatoms. The number of nitrogens with one attached hydrogen (secondary N) is 2. The fraction of sp³-hybridized carbons (Fsp3) is 0.182. The van der Waals surface area contributed by atoms with Crippen molar-refractivity contribution in [1.82, 2.24) is 15.2 Å².